The van der Waals surface area contributed by atoms with Crippen LogP contribution in [0.2, 0.25) is 0 Å². The average Bonchev–Trinajstić information content (AvgIpc) is 3.65. The second kappa shape index (κ2) is 13.3. The molecule has 0 spiro atoms. The van der Waals surface area contributed by atoms with Crippen LogP contribution in [0.15, 0.2) is 206 Å². The van der Waals surface area contributed by atoms with Gasteiger partial charge in [0.05, 0.1) is 11.0 Å². The van der Waals surface area contributed by atoms with E-state index in [1.54, 1.807) is 0 Å². The number of fused-ring (bicyclic) bond motifs is 11. The maximum atomic E-state index is 5.41. The topological polar surface area (TPSA) is 43.6 Å². The molecular weight excluding hydrogens is 717 g/mol. The van der Waals surface area contributed by atoms with E-state index in [2.05, 4.69) is 193 Å². The summed E-state index contributed by atoms with van der Waals surface area (Å²) in [4.78, 5) is 15.9. The largest absolute Gasteiger partial charge is 0.309 e. The van der Waals surface area contributed by atoms with Gasteiger partial charge in [0.1, 0.15) is 0 Å². The highest BCUT2D eigenvalue weighted by molar-refractivity contribution is 6.33. The van der Waals surface area contributed by atoms with Gasteiger partial charge in [-0.1, -0.05) is 170 Å². The smallest absolute Gasteiger partial charge is 0.164 e. The molecule has 10 aromatic carbocycles. The summed E-state index contributed by atoms with van der Waals surface area (Å²) < 4.78 is 2.35. The summed E-state index contributed by atoms with van der Waals surface area (Å²) in [5, 5.41) is 12.0. The van der Waals surface area contributed by atoms with Gasteiger partial charge < -0.3 is 4.57 Å². The van der Waals surface area contributed by atoms with Gasteiger partial charge in [0, 0.05) is 33.2 Å². The molecule has 0 unspecified atom stereocenters. The van der Waals surface area contributed by atoms with Crippen molar-refractivity contribution in [3.63, 3.8) is 0 Å². The molecule has 0 radical (unpaired) electrons. The summed E-state index contributed by atoms with van der Waals surface area (Å²) in [6, 6.07) is 73.3. The molecule has 12 aromatic rings. The van der Waals surface area contributed by atoms with E-state index in [0.717, 1.165) is 44.4 Å². The summed E-state index contributed by atoms with van der Waals surface area (Å²) in [6.45, 7) is 0. The van der Waals surface area contributed by atoms with Gasteiger partial charge in [-0.3, -0.25) is 0 Å². The third-order valence-corrected chi connectivity index (χ3v) is 11.8. The van der Waals surface area contributed by atoms with Crippen LogP contribution >= 0.6 is 0 Å². The van der Waals surface area contributed by atoms with E-state index in [1.807, 2.05) is 18.2 Å². The molecule has 0 atom stereocenters. The summed E-state index contributed by atoms with van der Waals surface area (Å²) in [5.74, 6) is 1.90. The first-order valence-electron chi connectivity index (χ1n) is 20.0. The van der Waals surface area contributed by atoms with Gasteiger partial charge in [0.25, 0.3) is 0 Å². The lowest BCUT2D eigenvalue weighted by Gasteiger charge is -2.16. The van der Waals surface area contributed by atoms with E-state index >= 15 is 0 Å². The summed E-state index contributed by atoms with van der Waals surface area (Å²) in [7, 11) is 0. The van der Waals surface area contributed by atoms with Crippen LogP contribution in [-0.4, -0.2) is 19.5 Å². The second-order valence-electron chi connectivity index (χ2n) is 15.1. The number of aromatic nitrogens is 4. The average molecular weight is 751 g/mol. The summed E-state index contributed by atoms with van der Waals surface area (Å²) >= 11 is 0. The Balaban J connectivity index is 1.11. The van der Waals surface area contributed by atoms with Gasteiger partial charge in [0.2, 0.25) is 0 Å². The van der Waals surface area contributed by atoms with E-state index in [9.17, 15) is 0 Å². The minimum Gasteiger partial charge on any atom is -0.309 e. The standard InChI is InChI=1S/C55H34N4/c1-3-17-35(18-4-1)53-56-54(46-29-14-7-21-38(46)36-31-32-51-47(33-36)43-26-15-16-30-50(43)59(51)37-19-5-2-6-20-37)58-55(57-53)49-34-48-41-24-9-8-22-39(41)40-23-10-12-27-44(40)52(48)45-28-13-11-25-42(45)49/h1-34H. The van der Waals surface area contributed by atoms with E-state index in [4.69, 9.17) is 15.0 Å². The van der Waals surface area contributed by atoms with Crippen LogP contribution in [-0.2, 0) is 0 Å². The van der Waals surface area contributed by atoms with Crippen molar-refractivity contribution in [2.45, 2.75) is 0 Å². The van der Waals surface area contributed by atoms with Crippen molar-refractivity contribution in [3.05, 3.63) is 206 Å². The first kappa shape index (κ1) is 33.2. The molecule has 0 N–H and O–H groups in total. The normalized spacial score (nSPS) is 11.7. The molecule has 12 rings (SSSR count). The zero-order valence-electron chi connectivity index (χ0n) is 31.9. The van der Waals surface area contributed by atoms with Crippen LogP contribution in [0.1, 0.15) is 0 Å². The van der Waals surface area contributed by atoms with Crippen LogP contribution in [0.3, 0.4) is 0 Å². The van der Waals surface area contributed by atoms with Crippen LogP contribution < -0.4 is 0 Å². The molecule has 0 aliphatic rings. The molecule has 0 amide bonds. The molecule has 2 aromatic heterocycles. The monoisotopic (exact) mass is 750 g/mol. The Kier molecular flexibility index (Phi) is 7.50. The fraction of sp³-hybridized carbons (Fsp3) is 0. The molecule has 2 heterocycles. The first-order chi connectivity index (χ1) is 29.3. The fourth-order valence-corrected chi connectivity index (χ4v) is 9.21. The SMILES string of the molecule is c1ccc(-c2nc(-c3ccccc3-c3ccc4c(c3)c3ccccc3n4-c3ccccc3)nc(-c3cc4c5ccccc5c5ccccc5c4c4ccccc34)n2)cc1. The number of para-hydroxylation sites is 2. The summed E-state index contributed by atoms with van der Waals surface area (Å²) in [6.07, 6.45) is 0. The number of hydrogen-bond donors (Lipinski definition) is 0. The maximum absolute atomic E-state index is 5.41. The third kappa shape index (κ3) is 5.27. The molecule has 0 bridgehead atoms. The number of benzene rings is 10. The van der Waals surface area contributed by atoms with Gasteiger partial charge in [-0.2, -0.15) is 0 Å². The minimum atomic E-state index is 0.629. The Morgan fingerprint density at radius 3 is 1.49 bits per heavy atom. The molecule has 0 aliphatic carbocycles. The number of rotatable bonds is 5. The highest BCUT2D eigenvalue weighted by Gasteiger charge is 2.21. The van der Waals surface area contributed by atoms with Crippen LogP contribution in [0.25, 0.3) is 116 Å². The maximum Gasteiger partial charge on any atom is 0.164 e. The minimum absolute atomic E-state index is 0.629. The Morgan fingerprint density at radius 2 is 0.763 bits per heavy atom. The van der Waals surface area contributed by atoms with Crippen molar-refractivity contribution >= 4 is 64.9 Å². The zero-order valence-corrected chi connectivity index (χ0v) is 31.9. The lowest BCUT2D eigenvalue weighted by atomic mass is 9.89. The van der Waals surface area contributed by atoms with Crippen LogP contribution in [0.5, 0.6) is 0 Å². The van der Waals surface area contributed by atoms with Crippen molar-refractivity contribution in [1.82, 2.24) is 19.5 Å². The predicted molar refractivity (Wildman–Crippen MR) is 246 cm³/mol. The van der Waals surface area contributed by atoms with Crippen molar-refractivity contribution in [2.24, 2.45) is 0 Å². The van der Waals surface area contributed by atoms with Crippen molar-refractivity contribution in [1.29, 1.82) is 0 Å². The van der Waals surface area contributed by atoms with E-state index in [1.165, 1.54) is 54.0 Å². The van der Waals surface area contributed by atoms with E-state index < -0.39 is 0 Å². The molecule has 0 saturated carbocycles. The highest BCUT2D eigenvalue weighted by Crippen LogP contribution is 2.43. The van der Waals surface area contributed by atoms with Gasteiger partial charge in [-0.15, -0.1) is 0 Å². The van der Waals surface area contributed by atoms with Gasteiger partial charge >= 0.3 is 0 Å². The Hall–Kier alpha value is -7.95. The highest BCUT2D eigenvalue weighted by atomic mass is 15.0. The Morgan fingerprint density at radius 1 is 0.271 bits per heavy atom. The zero-order chi connectivity index (χ0) is 38.9. The molecule has 4 nitrogen and oxygen atoms in total. The molecule has 59 heavy (non-hydrogen) atoms. The Bertz CT molecular complexity index is 3610. The van der Waals surface area contributed by atoms with Crippen molar-refractivity contribution in [3.8, 4) is 51.0 Å². The van der Waals surface area contributed by atoms with Gasteiger partial charge in [0.15, 0.2) is 17.5 Å². The summed E-state index contributed by atoms with van der Waals surface area (Å²) in [5.41, 5.74) is 8.49. The molecule has 4 heteroatoms. The van der Waals surface area contributed by atoms with Crippen LogP contribution in [0.4, 0.5) is 0 Å². The molecule has 0 aliphatic heterocycles. The lowest BCUT2D eigenvalue weighted by molar-refractivity contribution is 1.08. The predicted octanol–water partition coefficient (Wildman–Crippen LogP) is 14.2. The molecule has 0 saturated heterocycles. The molecule has 274 valence electrons. The number of hydrogen-bond acceptors (Lipinski definition) is 3. The van der Waals surface area contributed by atoms with E-state index in [-0.39, 0.29) is 0 Å². The van der Waals surface area contributed by atoms with Crippen molar-refractivity contribution in [2.75, 3.05) is 0 Å². The lowest BCUT2D eigenvalue weighted by Crippen LogP contribution is -2.01. The quantitative estimate of drug-likeness (QED) is 0.165. The second-order valence-corrected chi connectivity index (χ2v) is 15.1. The molecule has 0 fully saturated rings. The van der Waals surface area contributed by atoms with E-state index in [0.29, 0.717) is 17.5 Å². The van der Waals surface area contributed by atoms with Crippen molar-refractivity contribution < 1.29 is 0 Å². The fourth-order valence-electron chi connectivity index (χ4n) is 9.21. The number of nitrogens with zero attached hydrogens (tertiary/aromatic N) is 4. The Labute approximate surface area is 340 Å². The van der Waals surface area contributed by atoms with Gasteiger partial charge in [-0.05, 0) is 90.6 Å². The third-order valence-electron chi connectivity index (χ3n) is 11.8. The van der Waals surface area contributed by atoms with Gasteiger partial charge in [-0.25, -0.2) is 15.0 Å². The first-order valence-corrected chi connectivity index (χ1v) is 20.0. The van der Waals surface area contributed by atoms with Crippen LogP contribution in [0, 0.1) is 0 Å². The molecular formula is C55H34N4.